The van der Waals surface area contributed by atoms with Crippen molar-refractivity contribution >= 4 is 29.2 Å². The summed E-state index contributed by atoms with van der Waals surface area (Å²) in [5.41, 5.74) is 4.67. The predicted octanol–water partition coefficient (Wildman–Crippen LogP) is 5.57. The minimum absolute atomic E-state index is 0.0395. The molecule has 1 unspecified atom stereocenters. The molecule has 0 aliphatic carbocycles. The Bertz CT molecular complexity index is 1330. The number of nitrogens with zero attached hydrogens (tertiary/aromatic N) is 1. The highest BCUT2D eigenvalue weighted by atomic mass is 35.5. The summed E-state index contributed by atoms with van der Waals surface area (Å²) in [7, 11) is 1.57. The van der Waals surface area contributed by atoms with Gasteiger partial charge in [0, 0.05) is 17.4 Å². The summed E-state index contributed by atoms with van der Waals surface area (Å²) in [6, 6.07) is 20.6. The number of methoxy groups -OCH3 is 1. The lowest BCUT2D eigenvalue weighted by atomic mass is 9.84. The van der Waals surface area contributed by atoms with Crippen LogP contribution in [0.1, 0.15) is 29.0 Å². The summed E-state index contributed by atoms with van der Waals surface area (Å²) in [6.07, 6.45) is 0.118. The lowest BCUT2D eigenvalue weighted by Crippen LogP contribution is -2.37. The largest absolute Gasteiger partial charge is 0.493 e. The molecule has 0 N–H and O–H groups in total. The zero-order valence-electron chi connectivity index (χ0n) is 19.4. The normalized spacial score (nSPS) is 17.3. The van der Waals surface area contributed by atoms with Crippen LogP contribution in [0.15, 0.2) is 78.0 Å². The standard InChI is InChI=1S/C28H24ClNO5/c1-17-6-8-18(9-7-17)15-34-24-11-10-19(12-25(24)33-2)22-14-26(31)30(21-5-3-4-20(29)13-21)23-16-35-28(32)27(22)23/h3-13,22H,14-16H2,1-2H3. The van der Waals surface area contributed by atoms with Crippen LogP contribution in [0.5, 0.6) is 11.5 Å². The fraction of sp³-hybridized carbons (Fsp3) is 0.214. The van der Waals surface area contributed by atoms with Crippen LogP contribution < -0.4 is 14.4 Å². The molecule has 0 saturated carbocycles. The van der Waals surface area contributed by atoms with Crippen molar-refractivity contribution in [2.45, 2.75) is 25.9 Å². The first-order valence-corrected chi connectivity index (χ1v) is 11.7. The molecule has 0 saturated heterocycles. The van der Waals surface area contributed by atoms with Crippen molar-refractivity contribution < 1.29 is 23.8 Å². The quantitative estimate of drug-likeness (QED) is 0.424. The Morgan fingerprint density at radius 3 is 2.57 bits per heavy atom. The second kappa shape index (κ2) is 9.47. The van der Waals surface area contributed by atoms with Crippen LogP contribution >= 0.6 is 11.6 Å². The SMILES string of the molecule is COc1cc(C2CC(=O)N(c3cccc(Cl)c3)C3=C2C(=O)OC3)ccc1OCc1ccc(C)cc1. The van der Waals surface area contributed by atoms with Gasteiger partial charge in [-0.3, -0.25) is 9.69 Å². The summed E-state index contributed by atoms with van der Waals surface area (Å²) < 4.78 is 16.9. The van der Waals surface area contributed by atoms with E-state index in [1.165, 1.54) is 5.56 Å². The molecule has 178 valence electrons. The van der Waals surface area contributed by atoms with E-state index < -0.39 is 11.9 Å². The average molecular weight is 490 g/mol. The van der Waals surface area contributed by atoms with E-state index in [9.17, 15) is 9.59 Å². The molecule has 0 fully saturated rings. The highest BCUT2D eigenvalue weighted by molar-refractivity contribution is 6.31. The third kappa shape index (κ3) is 4.49. The number of cyclic esters (lactones) is 1. The average Bonchev–Trinajstić information content (AvgIpc) is 3.24. The predicted molar refractivity (Wildman–Crippen MR) is 133 cm³/mol. The summed E-state index contributed by atoms with van der Waals surface area (Å²) in [5, 5.41) is 0.510. The molecule has 0 radical (unpaired) electrons. The van der Waals surface area contributed by atoms with Gasteiger partial charge in [-0.15, -0.1) is 0 Å². The second-order valence-electron chi connectivity index (χ2n) is 8.59. The fourth-order valence-electron chi connectivity index (χ4n) is 4.52. The molecule has 3 aromatic rings. The second-order valence-corrected chi connectivity index (χ2v) is 9.02. The van der Waals surface area contributed by atoms with Crippen LogP contribution in [0.3, 0.4) is 0 Å². The van der Waals surface area contributed by atoms with Gasteiger partial charge in [0.2, 0.25) is 5.91 Å². The summed E-state index contributed by atoms with van der Waals surface area (Å²) in [6.45, 7) is 2.48. The summed E-state index contributed by atoms with van der Waals surface area (Å²) >= 11 is 6.15. The first-order chi connectivity index (χ1) is 16.9. The number of anilines is 1. The molecule has 6 nitrogen and oxygen atoms in total. The van der Waals surface area contributed by atoms with Crippen LogP contribution in [-0.4, -0.2) is 25.6 Å². The van der Waals surface area contributed by atoms with Crippen LogP contribution in [0.25, 0.3) is 0 Å². The van der Waals surface area contributed by atoms with Crippen LogP contribution in [0.2, 0.25) is 5.02 Å². The van der Waals surface area contributed by atoms with Crippen molar-refractivity contribution in [2.75, 3.05) is 18.6 Å². The monoisotopic (exact) mass is 489 g/mol. The van der Waals surface area contributed by atoms with Gasteiger partial charge in [0.25, 0.3) is 0 Å². The number of carbonyl (C=O) groups is 2. The van der Waals surface area contributed by atoms with E-state index in [4.69, 9.17) is 25.8 Å². The van der Waals surface area contributed by atoms with Gasteiger partial charge in [-0.1, -0.05) is 53.6 Å². The van der Waals surface area contributed by atoms with E-state index >= 15 is 0 Å². The molecular weight excluding hydrogens is 466 g/mol. The lowest BCUT2D eigenvalue weighted by molar-refractivity contribution is -0.136. The number of hydrogen-bond donors (Lipinski definition) is 0. The molecule has 0 aromatic heterocycles. The minimum atomic E-state index is -0.442. The Balaban J connectivity index is 1.45. The highest BCUT2D eigenvalue weighted by Crippen LogP contribution is 2.44. The molecular formula is C28H24ClNO5. The van der Waals surface area contributed by atoms with Crippen molar-refractivity contribution in [3.63, 3.8) is 0 Å². The fourth-order valence-corrected chi connectivity index (χ4v) is 4.70. The topological polar surface area (TPSA) is 65.1 Å². The highest BCUT2D eigenvalue weighted by Gasteiger charge is 2.43. The third-order valence-corrected chi connectivity index (χ3v) is 6.52. The maximum Gasteiger partial charge on any atom is 0.336 e. The Hall–Kier alpha value is -3.77. The van der Waals surface area contributed by atoms with Gasteiger partial charge >= 0.3 is 5.97 Å². The van der Waals surface area contributed by atoms with E-state index in [1.807, 2.05) is 49.4 Å². The molecule has 2 aliphatic heterocycles. The van der Waals surface area contributed by atoms with Gasteiger partial charge in [-0.25, -0.2) is 4.79 Å². The number of hydrogen-bond acceptors (Lipinski definition) is 5. The Morgan fingerprint density at radius 2 is 1.83 bits per heavy atom. The molecule has 35 heavy (non-hydrogen) atoms. The third-order valence-electron chi connectivity index (χ3n) is 6.29. The van der Waals surface area contributed by atoms with Gasteiger partial charge in [0.05, 0.1) is 24.1 Å². The van der Waals surface area contributed by atoms with E-state index in [1.54, 1.807) is 36.3 Å². The summed E-state index contributed by atoms with van der Waals surface area (Å²) in [4.78, 5) is 27.6. The van der Waals surface area contributed by atoms with Crippen molar-refractivity contribution in [1.82, 2.24) is 0 Å². The number of carbonyl (C=O) groups excluding carboxylic acids is 2. The lowest BCUT2D eigenvalue weighted by Gasteiger charge is -2.32. The molecule has 0 spiro atoms. The van der Waals surface area contributed by atoms with E-state index in [0.717, 1.165) is 11.1 Å². The molecule has 7 heteroatoms. The molecule has 2 aliphatic rings. The zero-order valence-corrected chi connectivity index (χ0v) is 20.2. The zero-order chi connectivity index (χ0) is 24.5. The number of ether oxygens (including phenoxy) is 3. The maximum absolute atomic E-state index is 13.3. The number of esters is 1. The molecule has 0 bridgehead atoms. The first-order valence-electron chi connectivity index (χ1n) is 11.3. The molecule has 3 aromatic carbocycles. The Kier molecular flexibility index (Phi) is 6.22. The number of aryl methyl sites for hydroxylation is 1. The van der Waals surface area contributed by atoms with Gasteiger partial charge in [0.15, 0.2) is 11.5 Å². The van der Waals surface area contributed by atoms with Crippen LogP contribution in [0, 0.1) is 6.92 Å². The van der Waals surface area contributed by atoms with Gasteiger partial charge < -0.3 is 14.2 Å². The van der Waals surface area contributed by atoms with Crippen molar-refractivity contribution in [1.29, 1.82) is 0 Å². The Morgan fingerprint density at radius 1 is 1.03 bits per heavy atom. The number of amides is 1. The number of halogens is 1. The molecule has 2 heterocycles. The van der Waals surface area contributed by atoms with E-state index in [2.05, 4.69) is 0 Å². The van der Waals surface area contributed by atoms with E-state index in [0.29, 0.717) is 40.1 Å². The van der Waals surface area contributed by atoms with Crippen LogP contribution in [0.4, 0.5) is 5.69 Å². The number of rotatable bonds is 6. The van der Waals surface area contributed by atoms with Crippen LogP contribution in [-0.2, 0) is 20.9 Å². The van der Waals surface area contributed by atoms with Crippen molar-refractivity contribution in [3.8, 4) is 11.5 Å². The summed E-state index contributed by atoms with van der Waals surface area (Å²) in [5.74, 6) is 0.134. The number of benzene rings is 3. The van der Waals surface area contributed by atoms with Gasteiger partial charge in [0.1, 0.15) is 13.2 Å². The van der Waals surface area contributed by atoms with Crippen molar-refractivity contribution in [3.05, 3.63) is 99.7 Å². The van der Waals surface area contributed by atoms with E-state index in [-0.39, 0.29) is 18.9 Å². The van der Waals surface area contributed by atoms with Gasteiger partial charge in [-0.05, 0) is 48.4 Å². The van der Waals surface area contributed by atoms with Gasteiger partial charge in [-0.2, -0.15) is 0 Å². The Labute approximate surface area is 208 Å². The maximum atomic E-state index is 13.3. The molecule has 1 atom stereocenters. The minimum Gasteiger partial charge on any atom is -0.493 e. The van der Waals surface area contributed by atoms with Crippen molar-refractivity contribution in [2.24, 2.45) is 0 Å². The molecule has 1 amide bonds. The first kappa shape index (κ1) is 23.0. The molecule has 5 rings (SSSR count). The smallest absolute Gasteiger partial charge is 0.336 e.